The number of carboxylic acid groups (broad SMARTS) is 1. The molecule has 0 spiro atoms. The molecule has 0 bridgehead atoms. The van der Waals surface area contributed by atoms with Crippen molar-refractivity contribution >= 4 is 11.9 Å². The minimum atomic E-state index is -0.965. The standard InChI is InChI=1S/C14H13NO4.C13H11NO4/c1-17-13-8-7-12(9-15-13)19-11-5-3-10(4-6-11)14(16)18-2;1-17-12-7-6-11(8-14-12)18-10-4-2-9(3-5-10)13(15)16/h3-9H,1-2H3;2-8H,1H3,(H,15,16). The van der Waals surface area contributed by atoms with E-state index in [1.54, 1.807) is 74.0 Å². The number of aromatic nitrogens is 2. The topological polar surface area (TPSA) is 126 Å². The lowest BCUT2D eigenvalue weighted by Crippen LogP contribution is -2.00. The van der Waals surface area contributed by atoms with Crippen LogP contribution in [0.2, 0.25) is 0 Å². The van der Waals surface area contributed by atoms with Gasteiger partial charge in [0.2, 0.25) is 11.8 Å². The van der Waals surface area contributed by atoms with Gasteiger partial charge in [0.05, 0.1) is 44.8 Å². The van der Waals surface area contributed by atoms with E-state index in [0.29, 0.717) is 40.3 Å². The average Bonchev–Trinajstić information content (AvgIpc) is 2.94. The fourth-order valence-corrected chi connectivity index (χ4v) is 2.81. The van der Waals surface area contributed by atoms with Crippen LogP contribution in [0, 0.1) is 0 Å². The van der Waals surface area contributed by atoms with E-state index in [4.69, 9.17) is 24.1 Å². The number of nitrogens with zero attached hydrogens (tertiary/aromatic N) is 2. The van der Waals surface area contributed by atoms with Crippen molar-refractivity contribution in [3.05, 3.63) is 96.3 Å². The summed E-state index contributed by atoms with van der Waals surface area (Å²) in [5, 5.41) is 8.76. The second-order valence-electron chi connectivity index (χ2n) is 7.12. The van der Waals surface area contributed by atoms with Gasteiger partial charge in [-0.15, -0.1) is 0 Å². The Morgan fingerprint density at radius 3 is 1.32 bits per heavy atom. The molecule has 4 rings (SSSR count). The van der Waals surface area contributed by atoms with Crippen LogP contribution in [0.15, 0.2) is 85.2 Å². The molecule has 4 aromatic rings. The van der Waals surface area contributed by atoms with Gasteiger partial charge in [-0.3, -0.25) is 0 Å². The minimum absolute atomic E-state index is 0.218. The highest BCUT2D eigenvalue weighted by atomic mass is 16.5. The number of hydrogen-bond acceptors (Lipinski definition) is 9. The zero-order valence-corrected chi connectivity index (χ0v) is 20.3. The zero-order valence-electron chi connectivity index (χ0n) is 20.3. The Balaban J connectivity index is 0.000000206. The van der Waals surface area contributed by atoms with Gasteiger partial charge < -0.3 is 28.8 Å². The van der Waals surface area contributed by atoms with Crippen molar-refractivity contribution < 1.29 is 38.4 Å². The quantitative estimate of drug-likeness (QED) is 0.318. The highest BCUT2D eigenvalue weighted by Gasteiger charge is 2.06. The molecule has 37 heavy (non-hydrogen) atoms. The van der Waals surface area contributed by atoms with Gasteiger partial charge in [0.25, 0.3) is 0 Å². The summed E-state index contributed by atoms with van der Waals surface area (Å²) in [6.07, 6.45) is 3.09. The van der Waals surface area contributed by atoms with E-state index in [1.165, 1.54) is 32.5 Å². The van der Waals surface area contributed by atoms with Crippen LogP contribution in [-0.2, 0) is 4.74 Å². The van der Waals surface area contributed by atoms with Crippen LogP contribution in [-0.4, -0.2) is 48.3 Å². The molecule has 0 unspecified atom stereocenters. The van der Waals surface area contributed by atoms with Gasteiger partial charge in [-0.25, -0.2) is 19.6 Å². The molecule has 2 aromatic carbocycles. The third kappa shape index (κ3) is 7.96. The smallest absolute Gasteiger partial charge is 0.337 e. The molecular weight excluding hydrogens is 480 g/mol. The fourth-order valence-electron chi connectivity index (χ4n) is 2.81. The van der Waals surface area contributed by atoms with E-state index in [9.17, 15) is 9.59 Å². The lowest BCUT2D eigenvalue weighted by atomic mass is 10.2. The van der Waals surface area contributed by atoms with Gasteiger partial charge in [0, 0.05) is 12.1 Å². The molecule has 0 aliphatic heterocycles. The number of rotatable bonds is 8. The Bertz CT molecular complexity index is 1290. The zero-order chi connectivity index (χ0) is 26.6. The second-order valence-corrected chi connectivity index (χ2v) is 7.12. The lowest BCUT2D eigenvalue weighted by molar-refractivity contribution is 0.0599. The summed E-state index contributed by atoms with van der Waals surface area (Å²) in [6, 6.07) is 19.7. The second kappa shape index (κ2) is 13.1. The van der Waals surface area contributed by atoms with Crippen molar-refractivity contribution in [1.82, 2.24) is 9.97 Å². The number of benzene rings is 2. The van der Waals surface area contributed by atoms with Crippen molar-refractivity contribution in [2.24, 2.45) is 0 Å². The maximum atomic E-state index is 11.3. The monoisotopic (exact) mass is 504 g/mol. The molecule has 0 saturated carbocycles. The Kier molecular flexibility index (Phi) is 9.38. The molecule has 0 amide bonds. The molecule has 2 aromatic heterocycles. The molecule has 10 heteroatoms. The largest absolute Gasteiger partial charge is 0.481 e. The van der Waals surface area contributed by atoms with Crippen LogP contribution in [0.4, 0.5) is 0 Å². The molecule has 190 valence electrons. The first-order valence-electron chi connectivity index (χ1n) is 10.8. The summed E-state index contributed by atoms with van der Waals surface area (Å²) in [7, 11) is 4.43. The van der Waals surface area contributed by atoms with Crippen LogP contribution >= 0.6 is 0 Å². The van der Waals surface area contributed by atoms with Crippen LogP contribution in [0.1, 0.15) is 20.7 Å². The van der Waals surface area contributed by atoms with Crippen LogP contribution in [0.25, 0.3) is 0 Å². The number of carbonyl (C=O) groups is 2. The van der Waals surface area contributed by atoms with Gasteiger partial charge in [0.1, 0.15) is 23.0 Å². The first kappa shape index (κ1) is 26.5. The Morgan fingerprint density at radius 2 is 1.00 bits per heavy atom. The van der Waals surface area contributed by atoms with E-state index >= 15 is 0 Å². The van der Waals surface area contributed by atoms with Gasteiger partial charge in [-0.2, -0.15) is 0 Å². The number of carbonyl (C=O) groups excluding carboxylic acids is 1. The van der Waals surface area contributed by atoms with Gasteiger partial charge in [0.15, 0.2) is 0 Å². The van der Waals surface area contributed by atoms with E-state index in [-0.39, 0.29) is 11.5 Å². The first-order valence-corrected chi connectivity index (χ1v) is 10.8. The summed E-state index contributed by atoms with van der Waals surface area (Å²) in [5.74, 6) is 1.99. The predicted molar refractivity (Wildman–Crippen MR) is 133 cm³/mol. The summed E-state index contributed by atoms with van der Waals surface area (Å²) < 4.78 is 25.6. The maximum Gasteiger partial charge on any atom is 0.337 e. The van der Waals surface area contributed by atoms with Crippen molar-refractivity contribution in [2.45, 2.75) is 0 Å². The van der Waals surface area contributed by atoms with Crippen LogP contribution in [0.5, 0.6) is 34.8 Å². The SMILES string of the molecule is COC(=O)c1ccc(Oc2ccc(OC)nc2)cc1.COc1ccc(Oc2ccc(C(=O)O)cc2)cn1. The Morgan fingerprint density at radius 1 is 0.595 bits per heavy atom. The lowest BCUT2D eigenvalue weighted by Gasteiger charge is -2.06. The summed E-state index contributed by atoms with van der Waals surface area (Å²) in [5.41, 5.74) is 0.693. The minimum Gasteiger partial charge on any atom is -0.481 e. The molecule has 0 atom stereocenters. The molecule has 0 fully saturated rings. The highest BCUT2D eigenvalue weighted by molar-refractivity contribution is 5.89. The Hall–Kier alpha value is -5.12. The van der Waals surface area contributed by atoms with E-state index in [2.05, 4.69) is 14.7 Å². The molecule has 0 aliphatic carbocycles. The van der Waals surface area contributed by atoms with E-state index in [0.717, 1.165) is 0 Å². The average molecular weight is 504 g/mol. The number of hydrogen-bond donors (Lipinski definition) is 1. The summed E-state index contributed by atoms with van der Waals surface area (Å²) >= 11 is 0. The van der Waals surface area contributed by atoms with Gasteiger partial charge >= 0.3 is 11.9 Å². The van der Waals surface area contributed by atoms with Gasteiger partial charge in [-0.1, -0.05) is 0 Å². The number of methoxy groups -OCH3 is 3. The number of aromatic carboxylic acids is 1. The van der Waals surface area contributed by atoms with Crippen LogP contribution in [0.3, 0.4) is 0 Å². The fraction of sp³-hybridized carbons (Fsp3) is 0.111. The van der Waals surface area contributed by atoms with Crippen LogP contribution < -0.4 is 18.9 Å². The molecule has 10 nitrogen and oxygen atoms in total. The summed E-state index contributed by atoms with van der Waals surface area (Å²) in [6.45, 7) is 0. The normalized spacial score (nSPS) is 9.81. The van der Waals surface area contributed by atoms with Crippen molar-refractivity contribution in [2.75, 3.05) is 21.3 Å². The predicted octanol–water partition coefficient (Wildman–Crippen LogP) is 5.25. The van der Waals surface area contributed by atoms with Crippen molar-refractivity contribution in [3.63, 3.8) is 0 Å². The number of pyridine rings is 2. The third-order valence-electron chi connectivity index (χ3n) is 4.68. The van der Waals surface area contributed by atoms with E-state index in [1.807, 2.05) is 0 Å². The summed E-state index contributed by atoms with van der Waals surface area (Å²) in [4.78, 5) is 30.0. The van der Waals surface area contributed by atoms with Crippen molar-refractivity contribution in [3.8, 4) is 34.8 Å². The molecule has 1 N–H and O–H groups in total. The molecule has 0 radical (unpaired) electrons. The van der Waals surface area contributed by atoms with Gasteiger partial charge in [-0.05, 0) is 60.7 Å². The first-order chi connectivity index (χ1) is 17.9. The molecular formula is C27H24N2O8. The Labute approximate surface area is 213 Å². The molecule has 0 saturated heterocycles. The number of esters is 1. The maximum absolute atomic E-state index is 11.3. The molecule has 2 heterocycles. The van der Waals surface area contributed by atoms with E-state index < -0.39 is 5.97 Å². The number of carboxylic acids is 1. The van der Waals surface area contributed by atoms with Crippen molar-refractivity contribution in [1.29, 1.82) is 0 Å². The third-order valence-corrected chi connectivity index (χ3v) is 4.68. The molecule has 0 aliphatic rings. The highest BCUT2D eigenvalue weighted by Crippen LogP contribution is 2.23. The number of ether oxygens (including phenoxy) is 5.